The van der Waals surface area contributed by atoms with Gasteiger partial charge in [-0.05, 0) is 12.5 Å². The Morgan fingerprint density at radius 3 is 2.68 bits per heavy atom. The zero-order chi connectivity index (χ0) is 14.1. The van der Waals surface area contributed by atoms with Crippen LogP contribution in [0.5, 0.6) is 0 Å². The van der Waals surface area contributed by atoms with Gasteiger partial charge in [-0.15, -0.1) is 11.3 Å². The summed E-state index contributed by atoms with van der Waals surface area (Å²) in [5.74, 6) is -0.0587. The molecule has 9 heteroatoms. The van der Waals surface area contributed by atoms with Crippen molar-refractivity contribution >= 4 is 31.2 Å². The Bertz CT molecular complexity index is 648. The van der Waals surface area contributed by atoms with E-state index >= 15 is 0 Å². The summed E-state index contributed by atoms with van der Waals surface area (Å²) in [4.78, 5) is 0.998. The molecule has 0 bridgehead atoms. The minimum Gasteiger partial charge on any atom is -0.326 e. The average Bonchev–Trinajstić information content (AvgIpc) is 2.75. The van der Waals surface area contributed by atoms with E-state index in [-0.39, 0.29) is 29.5 Å². The third kappa shape index (κ3) is 3.34. The minimum absolute atomic E-state index is 0.0263. The number of nitrogens with two attached hydrogens (primary N) is 1. The van der Waals surface area contributed by atoms with Crippen molar-refractivity contribution in [2.24, 2.45) is 5.73 Å². The molecule has 2 heterocycles. The fourth-order valence-corrected chi connectivity index (χ4v) is 5.92. The van der Waals surface area contributed by atoms with E-state index in [1.807, 2.05) is 0 Å². The molecule has 0 unspecified atom stereocenters. The van der Waals surface area contributed by atoms with Gasteiger partial charge in [0.15, 0.2) is 9.84 Å². The third-order valence-electron chi connectivity index (χ3n) is 2.98. The largest absolute Gasteiger partial charge is 0.326 e. The number of hydrogen-bond acceptors (Lipinski definition) is 6. The van der Waals surface area contributed by atoms with Gasteiger partial charge in [-0.1, -0.05) is 0 Å². The molecule has 0 radical (unpaired) electrons. The lowest BCUT2D eigenvalue weighted by Gasteiger charge is -2.18. The Balaban J connectivity index is 2.24. The molecule has 19 heavy (non-hydrogen) atoms. The van der Waals surface area contributed by atoms with E-state index in [1.165, 1.54) is 15.6 Å². The highest BCUT2D eigenvalue weighted by Crippen LogP contribution is 2.23. The Morgan fingerprint density at radius 2 is 2.05 bits per heavy atom. The van der Waals surface area contributed by atoms with Gasteiger partial charge in [0, 0.05) is 29.9 Å². The van der Waals surface area contributed by atoms with Crippen molar-refractivity contribution < 1.29 is 16.8 Å². The van der Waals surface area contributed by atoms with Crippen LogP contribution in [0.15, 0.2) is 16.3 Å². The molecule has 1 aromatic rings. The van der Waals surface area contributed by atoms with Crippen LogP contribution in [-0.2, 0) is 26.4 Å². The lowest BCUT2D eigenvalue weighted by molar-refractivity contribution is 0.435. The van der Waals surface area contributed by atoms with Gasteiger partial charge < -0.3 is 5.73 Å². The molecule has 0 aromatic carbocycles. The molecular weight excluding hydrogens is 308 g/mol. The first-order valence-corrected chi connectivity index (χ1v) is 9.97. The molecule has 0 spiro atoms. The van der Waals surface area contributed by atoms with Crippen LogP contribution in [0.3, 0.4) is 0 Å². The fourth-order valence-electron chi connectivity index (χ4n) is 1.91. The predicted molar refractivity (Wildman–Crippen MR) is 74.2 cm³/mol. The number of rotatable bonds is 3. The molecule has 0 atom stereocenters. The van der Waals surface area contributed by atoms with E-state index in [9.17, 15) is 16.8 Å². The number of nitrogens with zero attached hydrogens (tertiary/aromatic N) is 1. The van der Waals surface area contributed by atoms with Crippen LogP contribution in [-0.4, -0.2) is 45.7 Å². The summed E-state index contributed by atoms with van der Waals surface area (Å²) in [7, 11) is -6.72. The van der Waals surface area contributed by atoms with Gasteiger partial charge in [0.1, 0.15) is 0 Å². The lowest BCUT2D eigenvalue weighted by Crippen LogP contribution is -2.33. The zero-order valence-electron chi connectivity index (χ0n) is 10.3. The second-order valence-corrected chi connectivity index (χ2v) is 9.60. The maximum atomic E-state index is 12.4. The van der Waals surface area contributed by atoms with Crippen LogP contribution in [0.1, 0.15) is 11.3 Å². The highest BCUT2D eigenvalue weighted by atomic mass is 32.2. The average molecular weight is 324 g/mol. The van der Waals surface area contributed by atoms with E-state index in [0.717, 1.165) is 4.88 Å². The summed E-state index contributed by atoms with van der Waals surface area (Å²) < 4.78 is 49.0. The van der Waals surface area contributed by atoms with Crippen molar-refractivity contribution in [1.82, 2.24) is 4.31 Å². The monoisotopic (exact) mass is 324 g/mol. The molecular formula is C10H16N2O4S3. The van der Waals surface area contributed by atoms with E-state index in [2.05, 4.69) is 0 Å². The zero-order valence-corrected chi connectivity index (χ0v) is 12.7. The van der Waals surface area contributed by atoms with Gasteiger partial charge in [0.2, 0.25) is 10.0 Å². The molecule has 1 saturated heterocycles. The molecule has 108 valence electrons. The number of sulfonamides is 1. The fraction of sp³-hybridized carbons (Fsp3) is 0.600. The molecule has 1 aliphatic rings. The molecule has 0 amide bonds. The first-order valence-electron chi connectivity index (χ1n) is 5.83. The van der Waals surface area contributed by atoms with E-state index in [4.69, 9.17) is 5.73 Å². The van der Waals surface area contributed by atoms with Gasteiger partial charge in [-0.2, -0.15) is 4.31 Å². The Morgan fingerprint density at radius 1 is 1.32 bits per heavy atom. The molecule has 1 fully saturated rings. The summed E-state index contributed by atoms with van der Waals surface area (Å²) in [6.45, 7) is 0.572. The predicted octanol–water partition coefficient (Wildman–Crippen LogP) is 0.0160. The molecule has 1 aliphatic heterocycles. The number of sulfone groups is 1. The Kier molecular flexibility index (Phi) is 4.31. The second kappa shape index (κ2) is 5.49. The van der Waals surface area contributed by atoms with E-state index in [0.29, 0.717) is 13.0 Å². The molecule has 0 aliphatic carbocycles. The lowest BCUT2D eigenvalue weighted by atomic mass is 10.5. The van der Waals surface area contributed by atoms with Crippen molar-refractivity contribution in [3.05, 3.63) is 16.3 Å². The summed E-state index contributed by atoms with van der Waals surface area (Å²) in [5.41, 5.74) is 5.47. The second-order valence-electron chi connectivity index (χ2n) is 4.36. The smallest absolute Gasteiger partial charge is 0.243 e. The van der Waals surface area contributed by atoms with Gasteiger partial charge in [-0.25, -0.2) is 16.8 Å². The highest BCUT2D eigenvalue weighted by Gasteiger charge is 2.29. The van der Waals surface area contributed by atoms with Crippen LogP contribution in [0.2, 0.25) is 0 Å². The van der Waals surface area contributed by atoms with E-state index < -0.39 is 19.9 Å². The molecule has 1 aromatic heterocycles. The number of hydrogen-bond donors (Lipinski definition) is 1. The van der Waals surface area contributed by atoms with E-state index in [1.54, 1.807) is 11.4 Å². The Labute approximate surface area is 117 Å². The highest BCUT2D eigenvalue weighted by molar-refractivity contribution is 7.91. The summed E-state index contributed by atoms with van der Waals surface area (Å²) >= 11 is 1.30. The molecule has 2 rings (SSSR count). The van der Waals surface area contributed by atoms with Crippen molar-refractivity contribution in [3.8, 4) is 0 Å². The van der Waals surface area contributed by atoms with Crippen molar-refractivity contribution in [3.63, 3.8) is 0 Å². The van der Waals surface area contributed by atoms with Crippen LogP contribution in [0.4, 0.5) is 0 Å². The van der Waals surface area contributed by atoms with Gasteiger partial charge in [0.05, 0.1) is 16.4 Å². The molecule has 0 saturated carbocycles. The van der Waals surface area contributed by atoms with Crippen LogP contribution >= 0.6 is 11.3 Å². The van der Waals surface area contributed by atoms with Crippen molar-refractivity contribution in [2.75, 3.05) is 24.6 Å². The number of thiophene rings is 1. The maximum Gasteiger partial charge on any atom is 0.243 e. The first kappa shape index (κ1) is 14.9. The molecule has 2 N–H and O–H groups in total. The quantitative estimate of drug-likeness (QED) is 0.845. The SMILES string of the molecule is NCc1cc(S(=O)(=O)N2CCCS(=O)(=O)CC2)cs1. The van der Waals surface area contributed by atoms with Gasteiger partial charge in [-0.3, -0.25) is 0 Å². The normalized spacial score (nSPS) is 21.1. The minimum atomic E-state index is -3.60. The molecule has 6 nitrogen and oxygen atoms in total. The van der Waals surface area contributed by atoms with Crippen molar-refractivity contribution in [1.29, 1.82) is 0 Å². The first-order chi connectivity index (χ1) is 8.85. The third-order valence-corrected chi connectivity index (χ3v) is 7.68. The maximum absolute atomic E-state index is 12.4. The van der Waals surface area contributed by atoms with Crippen LogP contribution in [0, 0.1) is 0 Å². The standard InChI is InChI=1S/C10H16N2O4S3/c11-7-9-6-10(8-17-9)19(15,16)12-2-1-4-18(13,14)5-3-12/h6,8H,1-5,7,11H2. The van der Waals surface area contributed by atoms with Gasteiger partial charge >= 0.3 is 0 Å². The summed E-state index contributed by atoms with van der Waals surface area (Å²) in [5, 5.41) is 1.55. The summed E-state index contributed by atoms with van der Waals surface area (Å²) in [6, 6.07) is 1.55. The summed E-state index contributed by atoms with van der Waals surface area (Å²) in [6.07, 6.45) is 0.343. The Hall–Kier alpha value is -0.480. The van der Waals surface area contributed by atoms with Crippen LogP contribution < -0.4 is 5.73 Å². The topological polar surface area (TPSA) is 97.5 Å². The van der Waals surface area contributed by atoms with Crippen LogP contribution in [0.25, 0.3) is 0 Å². The van der Waals surface area contributed by atoms with Gasteiger partial charge in [0.25, 0.3) is 0 Å². The van der Waals surface area contributed by atoms with Crippen molar-refractivity contribution in [2.45, 2.75) is 17.9 Å².